The molecular formula is C15H20O3S. The van der Waals surface area contributed by atoms with Gasteiger partial charge in [0.25, 0.3) is 0 Å². The van der Waals surface area contributed by atoms with Crippen LogP contribution in [-0.4, -0.2) is 36.1 Å². The van der Waals surface area contributed by atoms with Crippen LogP contribution in [0.5, 0.6) is 5.75 Å². The number of hydrogen-bond acceptors (Lipinski definition) is 4. The van der Waals surface area contributed by atoms with Crippen LogP contribution in [-0.2, 0) is 4.74 Å². The van der Waals surface area contributed by atoms with Gasteiger partial charge in [-0.15, -0.1) is 11.8 Å². The fraction of sp³-hybridized carbons (Fsp3) is 0.533. The summed E-state index contributed by atoms with van der Waals surface area (Å²) >= 11 is 1.69. The highest BCUT2D eigenvalue weighted by atomic mass is 32.2. The van der Waals surface area contributed by atoms with E-state index in [-0.39, 0.29) is 11.9 Å². The maximum Gasteiger partial charge on any atom is 0.176 e. The molecule has 0 bridgehead atoms. The lowest BCUT2D eigenvalue weighted by molar-refractivity contribution is 0.101. The van der Waals surface area contributed by atoms with Gasteiger partial charge in [0.2, 0.25) is 0 Å². The number of ketones is 1. The molecule has 2 unspecified atom stereocenters. The van der Waals surface area contributed by atoms with E-state index in [9.17, 15) is 4.79 Å². The van der Waals surface area contributed by atoms with Crippen molar-refractivity contribution in [3.63, 3.8) is 0 Å². The molecule has 0 aliphatic carbocycles. The van der Waals surface area contributed by atoms with E-state index in [2.05, 4.69) is 6.92 Å². The molecule has 0 N–H and O–H groups in total. The smallest absolute Gasteiger partial charge is 0.176 e. The highest BCUT2D eigenvalue weighted by Gasteiger charge is 2.25. The molecule has 104 valence electrons. The van der Waals surface area contributed by atoms with Gasteiger partial charge in [-0.05, 0) is 32.4 Å². The van der Waals surface area contributed by atoms with E-state index in [1.807, 2.05) is 31.2 Å². The Hall–Kier alpha value is -1.00. The van der Waals surface area contributed by atoms with Crippen molar-refractivity contribution in [2.75, 3.05) is 19.0 Å². The minimum absolute atomic E-state index is 0.133. The van der Waals surface area contributed by atoms with Gasteiger partial charge in [-0.3, -0.25) is 4.79 Å². The third-order valence-electron chi connectivity index (χ3n) is 3.22. The van der Waals surface area contributed by atoms with Gasteiger partial charge in [-0.1, -0.05) is 12.1 Å². The zero-order valence-electron chi connectivity index (χ0n) is 11.4. The summed E-state index contributed by atoms with van der Waals surface area (Å²) in [6.45, 7) is 5.38. The van der Waals surface area contributed by atoms with E-state index in [1.165, 1.54) is 0 Å². The molecule has 0 amide bonds. The number of thioether (sulfide) groups is 1. The van der Waals surface area contributed by atoms with Crippen LogP contribution in [0.1, 0.15) is 30.6 Å². The molecule has 1 saturated heterocycles. The van der Waals surface area contributed by atoms with E-state index >= 15 is 0 Å². The average Bonchev–Trinajstić information content (AvgIpc) is 2.82. The Morgan fingerprint density at radius 2 is 2.26 bits per heavy atom. The summed E-state index contributed by atoms with van der Waals surface area (Å²) in [5.41, 5.74) is 0.684. The van der Waals surface area contributed by atoms with E-state index in [4.69, 9.17) is 9.47 Å². The van der Waals surface area contributed by atoms with Gasteiger partial charge in [-0.25, -0.2) is 0 Å². The number of ether oxygens (including phenoxy) is 2. The number of benzene rings is 1. The molecule has 1 aliphatic heterocycles. The molecule has 1 aliphatic rings. The van der Waals surface area contributed by atoms with Crippen LogP contribution < -0.4 is 4.74 Å². The van der Waals surface area contributed by atoms with Crippen molar-refractivity contribution in [1.29, 1.82) is 0 Å². The van der Waals surface area contributed by atoms with Crippen molar-refractivity contribution >= 4 is 17.5 Å². The third-order valence-corrected chi connectivity index (χ3v) is 4.70. The van der Waals surface area contributed by atoms with Gasteiger partial charge < -0.3 is 9.47 Å². The minimum Gasteiger partial charge on any atom is -0.493 e. The first-order valence-electron chi connectivity index (χ1n) is 6.70. The van der Waals surface area contributed by atoms with Gasteiger partial charge in [0, 0.05) is 11.9 Å². The lowest BCUT2D eigenvalue weighted by atomic mass is 10.1. The summed E-state index contributed by atoms with van der Waals surface area (Å²) in [6, 6.07) is 7.45. The van der Waals surface area contributed by atoms with Crippen LogP contribution >= 0.6 is 11.8 Å². The summed E-state index contributed by atoms with van der Waals surface area (Å²) in [4.78, 5) is 12.3. The molecular weight excluding hydrogens is 260 g/mol. The largest absolute Gasteiger partial charge is 0.493 e. The van der Waals surface area contributed by atoms with Crippen molar-refractivity contribution in [2.45, 2.75) is 31.6 Å². The van der Waals surface area contributed by atoms with Crippen LogP contribution in [0.25, 0.3) is 0 Å². The molecule has 0 aromatic heterocycles. The number of carbonyl (C=O) groups excluding carboxylic acids is 1. The highest BCUT2D eigenvalue weighted by molar-refractivity contribution is 8.00. The summed E-state index contributed by atoms with van der Waals surface area (Å²) in [5, 5.41) is 0.434. The zero-order valence-corrected chi connectivity index (χ0v) is 12.2. The van der Waals surface area contributed by atoms with Gasteiger partial charge >= 0.3 is 0 Å². The van der Waals surface area contributed by atoms with Crippen LogP contribution in [0, 0.1) is 0 Å². The number of Topliss-reactive ketones (excluding diaryl/α,β-unsaturated/α-hetero) is 1. The Balaban J connectivity index is 1.95. The van der Waals surface area contributed by atoms with Crippen LogP contribution in [0.4, 0.5) is 0 Å². The molecule has 0 radical (unpaired) electrons. The predicted molar refractivity (Wildman–Crippen MR) is 78.2 cm³/mol. The number of hydrogen-bond donors (Lipinski definition) is 0. The van der Waals surface area contributed by atoms with Crippen molar-refractivity contribution in [3.05, 3.63) is 29.8 Å². The Kier molecular flexibility index (Phi) is 5.28. The number of rotatable bonds is 6. The molecule has 1 heterocycles. The van der Waals surface area contributed by atoms with Crippen molar-refractivity contribution < 1.29 is 14.3 Å². The Bertz CT molecular complexity index is 433. The number of carbonyl (C=O) groups is 1. The van der Waals surface area contributed by atoms with Crippen molar-refractivity contribution in [3.8, 4) is 5.75 Å². The van der Waals surface area contributed by atoms with Crippen molar-refractivity contribution in [1.82, 2.24) is 0 Å². The fourth-order valence-corrected chi connectivity index (χ4v) is 3.30. The standard InChI is InChI=1S/C15H20O3S/c1-3-17-14-7-5-4-6-12(14)13(16)10-19-15-8-9-18-11(15)2/h4-7,11,15H,3,8-10H2,1-2H3. The second-order valence-electron chi connectivity index (χ2n) is 4.57. The molecule has 0 spiro atoms. The second kappa shape index (κ2) is 6.96. The third kappa shape index (κ3) is 3.74. The maximum atomic E-state index is 12.3. The van der Waals surface area contributed by atoms with Crippen LogP contribution in [0.3, 0.4) is 0 Å². The summed E-state index contributed by atoms with van der Waals surface area (Å²) in [6.07, 6.45) is 1.28. The van der Waals surface area contributed by atoms with Gasteiger partial charge in [0.1, 0.15) is 5.75 Å². The molecule has 2 rings (SSSR count). The molecule has 1 fully saturated rings. The first-order chi connectivity index (χ1) is 9.22. The van der Waals surface area contributed by atoms with Gasteiger partial charge in [0.15, 0.2) is 5.78 Å². The first-order valence-corrected chi connectivity index (χ1v) is 7.75. The van der Waals surface area contributed by atoms with E-state index < -0.39 is 0 Å². The molecule has 1 aromatic rings. The molecule has 0 saturated carbocycles. The first kappa shape index (κ1) is 14.4. The average molecular weight is 280 g/mol. The molecule has 19 heavy (non-hydrogen) atoms. The summed E-state index contributed by atoms with van der Waals surface area (Å²) < 4.78 is 11.0. The molecule has 3 nitrogen and oxygen atoms in total. The Morgan fingerprint density at radius 3 is 2.95 bits per heavy atom. The SMILES string of the molecule is CCOc1ccccc1C(=O)CSC1CCOC1C. The second-order valence-corrected chi connectivity index (χ2v) is 5.79. The number of para-hydroxylation sites is 1. The Morgan fingerprint density at radius 1 is 1.47 bits per heavy atom. The summed E-state index contributed by atoms with van der Waals surface area (Å²) in [7, 11) is 0. The van der Waals surface area contributed by atoms with Crippen molar-refractivity contribution in [2.24, 2.45) is 0 Å². The normalized spacial score (nSPS) is 22.4. The quantitative estimate of drug-likeness (QED) is 0.750. The van der Waals surface area contributed by atoms with Gasteiger partial charge in [-0.2, -0.15) is 0 Å². The zero-order chi connectivity index (χ0) is 13.7. The monoisotopic (exact) mass is 280 g/mol. The summed E-state index contributed by atoms with van der Waals surface area (Å²) in [5.74, 6) is 1.31. The molecule has 1 aromatic carbocycles. The van der Waals surface area contributed by atoms with Crippen LogP contribution in [0.15, 0.2) is 24.3 Å². The topological polar surface area (TPSA) is 35.5 Å². The highest BCUT2D eigenvalue weighted by Crippen LogP contribution is 2.28. The molecule has 4 heteroatoms. The predicted octanol–water partition coefficient (Wildman–Crippen LogP) is 3.18. The lowest BCUT2D eigenvalue weighted by Gasteiger charge is -2.14. The maximum absolute atomic E-state index is 12.3. The minimum atomic E-state index is 0.133. The lowest BCUT2D eigenvalue weighted by Crippen LogP contribution is -2.16. The van der Waals surface area contributed by atoms with Crippen LogP contribution in [0.2, 0.25) is 0 Å². The van der Waals surface area contributed by atoms with E-state index in [0.29, 0.717) is 28.9 Å². The Labute approximate surface area is 118 Å². The molecule has 2 atom stereocenters. The van der Waals surface area contributed by atoms with Gasteiger partial charge in [0.05, 0.1) is 24.0 Å². The van der Waals surface area contributed by atoms with E-state index in [0.717, 1.165) is 13.0 Å². The fourth-order valence-electron chi connectivity index (χ4n) is 2.17. The van der Waals surface area contributed by atoms with E-state index in [1.54, 1.807) is 11.8 Å².